The number of ether oxygens (including phenoxy) is 1. The van der Waals surface area contributed by atoms with Gasteiger partial charge in [0, 0.05) is 5.92 Å². The molecule has 0 aliphatic heterocycles. The van der Waals surface area contributed by atoms with E-state index in [4.69, 9.17) is 4.74 Å². The van der Waals surface area contributed by atoms with Gasteiger partial charge in [0.05, 0.1) is 12.7 Å². The highest BCUT2D eigenvalue weighted by atomic mass is 16.5. The van der Waals surface area contributed by atoms with Crippen LogP contribution in [0, 0.1) is 5.92 Å². The zero-order valence-corrected chi connectivity index (χ0v) is 11.1. The predicted molar refractivity (Wildman–Crippen MR) is 73.9 cm³/mol. The molecule has 0 aliphatic rings. The molecule has 1 nitrogen and oxygen atoms in total. The van der Waals surface area contributed by atoms with Gasteiger partial charge in [0.1, 0.15) is 0 Å². The monoisotopic (exact) mass is 232 g/mol. The smallest absolute Gasteiger partial charge is 0.0720 e. The fourth-order valence-corrected chi connectivity index (χ4v) is 1.91. The lowest BCUT2D eigenvalue weighted by Gasteiger charge is -2.21. The maximum Gasteiger partial charge on any atom is 0.0720 e. The summed E-state index contributed by atoms with van der Waals surface area (Å²) in [6, 6.07) is 10.3. The molecular formula is C16H24O. The molecule has 1 aromatic rings. The molecule has 0 amide bonds. The van der Waals surface area contributed by atoms with Gasteiger partial charge < -0.3 is 4.74 Å². The molecule has 2 atom stereocenters. The van der Waals surface area contributed by atoms with Crippen LogP contribution in [0.5, 0.6) is 0 Å². The number of hydrogen-bond acceptors (Lipinski definition) is 1. The Balaban J connectivity index is 2.36. The average molecular weight is 232 g/mol. The van der Waals surface area contributed by atoms with Crippen LogP contribution in [-0.4, -0.2) is 6.10 Å². The van der Waals surface area contributed by atoms with Crippen LogP contribution in [0.1, 0.15) is 38.7 Å². The van der Waals surface area contributed by atoms with E-state index in [0.717, 1.165) is 0 Å². The molecule has 0 spiro atoms. The second-order valence-electron chi connectivity index (χ2n) is 4.54. The molecule has 94 valence electrons. The van der Waals surface area contributed by atoms with Crippen LogP contribution in [0.3, 0.4) is 0 Å². The summed E-state index contributed by atoms with van der Waals surface area (Å²) < 4.78 is 5.91. The van der Waals surface area contributed by atoms with E-state index in [-0.39, 0.29) is 6.10 Å². The molecule has 0 bridgehead atoms. The van der Waals surface area contributed by atoms with Crippen LogP contribution in [0.4, 0.5) is 0 Å². The maximum absolute atomic E-state index is 5.91. The number of benzene rings is 1. The molecule has 0 heterocycles. The van der Waals surface area contributed by atoms with Crippen molar-refractivity contribution in [3.8, 4) is 0 Å². The highest BCUT2D eigenvalue weighted by molar-refractivity contribution is 5.13. The lowest BCUT2D eigenvalue weighted by molar-refractivity contribution is 0.0237. The van der Waals surface area contributed by atoms with E-state index in [0.29, 0.717) is 12.5 Å². The highest BCUT2D eigenvalue weighted by Crippen LogP contribution is 2.18. The molecule has 17 heavy (non-hydrogen) atoms. The number of hydrogen-bond donors (Lipinski definition) is 0. The third-order valence-corrected chi connectivity index (χ3v) is 3.15. The van der Waals surface area contributed by atoms with Crippen LogP contribution >= 0.6 is 0 Å². The van der Waals surface area contributed by atoms with Crippen molar-refractivity contribution in [1.82, 2.24) is 0 Å². The molecule has 0 aromatic heterocycles. The molecular weight excluding hydrogens is 208 g/mol. The Hall–Kier alpha value is -1.08. The zero-order valence-electron chi connectivity index (χ0n) is 11.1. The second kappa shape index (κ2) is 8.08. The van der Waals surface area contributed by atoms with Gasteiger partial charge in [-0.15, -0.1) is 6.58 Å². The maximum atomic E-state index is 5.91. The molecule has 1 aromatic carbocycles. The largest absolute Gasteiger partial charge is 0.373 e. The summed E-state index contributed by atoms with van der Waals surface area (Å²) >= 11 is 0. The second-order valence-corrected chi connectivity index (χ2v) is 4.54. The Kier molecular flexibility index (Phi) is 6.64. The van der Waals surface area contributed by atoms with Crippen LogP contribution < -0.4 is 0 Å². The van der Waals surface area contributed by atoms with Gasteiger partial charge in [-0.25, -0.2) is 0 Å². The quantitative estimate of drug-likeness (QED) is 0.596. The molecule has 0 saturated heterocycles. The summed E-state index contributed by atoms with van der Waals surface area (Å²) in [6.45, 7) is 8.96. The SMILES string of the molecule is C=CC(CCCC)C(C)OCc1ccccc1. The third-order valence-electron chi connectivity index (χ3n) is 3.15. The van der Waals surface area contributed by atoms with Gasteiger partial charge >= 0.3 is 0 Å². The van der Waals surface area contributed by atoms with E-state index in [1.807, 2.05) is 24.3 Å². The molecule has 1 rings (SSSR count). The van der Waals surface area contributed by atoms with Crippen LogP contribution in [0.25, 0.3) is 0 Å². The standard InChI is InChI=1S/C16H24O/c1-4-6-12-16(5-2)14(3)17-13-15-10-8-7-9-11-15/h5,7-11,14,16H,2,4,6,12-13H2,1,3H3. The first-order valence-corrected chi connectivity index (χ1v) is 6.56. The lowest BCUT2D eigenvalue weighted by atomic mass is 9.97. The van der Waals surface area contributed by atoms with E-state index in [1.165, 1.54) is 24.8 Å². The minimum absolute atomic E-state index is 0.249. The molecule has 0 radical (unpaired) electrons. The fourth-order valence-electron chi connectivity index (χ4n) is 1.91. The van der Waals surface area contributed by atoms with Gasteiger partial charge in [0.25, 0.3) is 0 Å². The van der Waals surface area contributed by atoms with Gasteiger partial charge in [0.2, 0.25) is 0 Å². The zero-order chi connectivity index (χ0) is 12.5. The van der Waals surface area contributed by atoms with E-state index in [1.54, 1.807) is 0 Å². The lowest BCUT2D eigenvalue weighted by Crippen LogP contribution is -2.18. The van der Waals surface area contributed by atoms with Gasteiger partial charge in [-0.05, 0) is 18.9 Å². The summed E-state index contributed by atoms with van der Waals surface area (Å²) in [5.74, 6) is 0.471. The van der Waals surface area contributed by atoms with Crippen molar-refractivity contribution in [3.05, 3.63) is 48.6 Å². The van der Waals surface area contributed by atoms with Crippen molar-refractivity contribution in [1.29, 1.82) is 0 Å². The van der Waals surface area contributed by atoms with E-state index < -0.39 is 0 Å². The topological polar surface area (TPSA) is 9.23 Å². The van der Waals surface area contributed by atoms with Gasteiger partial charge in [-0.1, -0.05) is 56.2 Å². The first kappa shape index (κ1) is 14.0. The third kappa shape index (κ3) is 5.18. The van der Waals surface area contributed by atoms with E-state index in [9.17, 15) is 0 Å². The molecule has 0 aliphatic carbocycles. The molecule has 0 fully saturated rings. The summed E-state index contributed by atoms with van der Waals surface area (Å²) in [7, 11) is 0. The van der Waals surface area contributed by atoms with Crippen molar-refractivity contribution >= 4 is 0 Å². The summed E-state index contributed by atoms with van der Waals surface area (Å²) in [5.41, 5.74) is 1.23. The van der Waals surface area contributed by atoms with E-state index >= 15 is 0 Å². The van der Waals surface area contributed by atoms with Gasteiger partial charge in [0.15, 0.2) is 0 Å². The molecule has 0 saturated carbocycles. The Morgan fingerprint density at radius 1 is 1.29 bits per heavy atom. The molecule has 1 heteroatoms. The van der Waals surface area contributed by atoms with Crippen molar-refractivity contribution < 1.29 is 4.74 Å². The first-order chi connectivity index (χ1) is 8.27. The fraction of sp³-hybridized carbons (Fsp3) is 0.500. The van der Waals surface area contributed by atoms with E-state index in [2.05, 4.69) is 32.6 Å². The Labute approximate surface area is 106 Å². The number of rotatable bonds is 8. The first-order valence-electron chi connectivity index (χ1n) is 6.56. The van der Waals surface area contributed by atoms with Crippen LogP contribution in [0.2, 0.25) is 0 Å². The molecule has 2 unspecified atom stereocenters. The summed E-state index contributed by atoms with van der Waals surface area (Å²) in [4.78, 5) is 0. The van der Waals surface area contributed by atoms with Crippen molar-refractivity contribution in [3.63, 3.8) is 0 Å². The highest BCUT2D eigenvalue weighted by Gasteiger charge is 2.13. The number of unbranched alkanes of at least 4 members (excludes halogenated alkanes) is 1. The average Bonchev–Trinajstić information content (AvgIpc) is 2.38. The van der Waals surface area contributed by atoms with Gasteiger partial charge in [-0.3, -0.25) is 0 Å². The summed E-state index contributed by atoms with van der Waals surface area (Å²) in [6.07, 6.45) is 5.94. The van der Waals surface area contributed by atoms with Crippen molar-refractivity contribution in [2.75, 3.05) is 0 Å². The Morgan fingerprint density at radius 2 is 2.00 bits per heavy atom. The van der Waals surface area contributed by atoms with Crippen molar-refractivity contribution in [2.45, 2.75) is 45.8 Å². The summed E-state index contributed by atoms with van der Waals surface area (Å²) in [5, 5.41) is 0. The predicted octanol–water partition coefficient (Wildman–Crippen LogP) is 4.58. The van der Waals surface area contributed by atoms with Gasteiger partial charge in [-0.2, -0.15) is 0 Å². The minimum atomic E-state index is 0.249. The van der Waals surface area contributed by atoms with Crippen LogP contribution in [0.15, 0.2) is 43.0 Å². The Morgan fingerprint density at radius 3 is 2.59 bits per heavy atom. The molecule has 0 N–H and O–H groups in total. The Bertz CT molecular complexity index is 305. The normalized spacial score (nSPS) is 14.2. The van der Waals surface area contributed by atoms with Crippen LogP contribution in [-0.2, 0) is 11.3 Å². The van der Waals surface area contributed by atoms with Crippen molar-refractivity contribution in [2.24, 2.45) is 5.92 Å². The minimum Gasteiger partial charge on any atom is -0.373 e.